The summed E-state index contributed by atoms with van der Waals surface area (Å²) < 4.78 is 0. The van der Waals surface area contributed by atoms with E-state index in [1.54, 1.807) is 11.4 Å². The lowest BCUT2D eigenvalue weighted by Gasteiger charge is -2.04. The van der Waals surface area contributed by atoms with E-state index in [1.807, 2.05) is 18.2 Å². The maximum atomic E-state index is 12.0. The normalized spacial score (nSPS) is 19.6. The molecule has 0 saturated heterocycles. The van der Waals surface area contributed by atoms with Crippen LogP contribution in [0.5, 0.6) is 0 Å². The minimum absolute atomic E-state index is 0.0321. The van der Waals surface area contributed by atoms with E-state index >= 15 is 0 Å². The van der Waals surface area contributed by atoms with Gasteiger partial charge in [0, 0.05) is 6.04 Å². The van der Waals surface area contributed by atoms with Crippen molar-refractivity contribution in [1.29, 1.82) is 0 Å². The number of carbonyl (C=O) groups is 2. The number of carbonyl (C=O) groups excluding carboxylic acids is 1. The van der Waals surface area contributed by atoms with E-state index in [4.69, 9.17) is 5.11 Å². The Morgan fingerprint density at radius 2 is 2.00 bits per heavy atom. The molecular formula is C17H17NO3S. The van der Waals surface area contributed by atoms with Crippen LogP contribution in [-0.2, 0) is 17.6 Å². The average Bonchev–Trinajstić information content (AvgIpc) is 3.02. The van der Waals surface area contributed by atoms with Crippen molar-refractivity contribution in [3.05, 3.63) is 57.8 Å². The molecule has 1 aromatic heterocycles. The van der Waals surface area contributed by atoms with Crippen molar-refractivity contribution >= 4 is 23.2 Å². The molecule has 2 aromatic rings. The standard InChI is InChI=1S/C17H17NO3S/c19-16(8-12-7-15(17(20)21)22-10-12)18-14-9-13(14)6-11-4-2-1-3-5-11/h1-5,7,10,13-14H,6,8-9H2,(H,18,19)(H,20,21). The fraction of sp³-hybridized carbons (Fsp3) is 0.294. The molecule has 0 bridgehead atoms. The zero-order valence-corrected chi connectivity index (χ0v) is 12.8. The molecule has 1 heterocycles. The first kappa shape index (κ1) is 14.8. The smallest absolute Gasteiger partial charge is 0.345 e. The summed E-state index contributed by atoms with van der Waals surface area (Å²) in [6, 6.07) is 12.1. The van der Waals surface area contributed by atoms with E-state index in [0.29, 0.717) is 5.92 Å². The number of carboxylic acid groups (broad SMARTS) is 1. The molecule has 1 aromatic carbocycles. The lowest BCUT2D eigenvalue weighted by atomic mass is 10.1. The number of carboxylic acids is 1. The minimum atomic E-state index is -0.943. The van der Waals surface area contributed by atoms with Gasteiger partial charge in [0.2, 0.25) is 5.91 Å². The van der Waals surface area contributed by atoms with Crippen LogP contribution in [0.1, 0.15) is 27.2 Å². The molecule has 0 aliphatic heterocycles. The molecule has 1 saturated carbocycles. The molecule has 1 amide bonds. The zero-order valence-electron chi connectivity index (χ0n) is 12.0. The van der Waals surface area contributed by atoms with Gasteiger partial charge >= 0.3 is 5.97 Å². The molecule has 114 valence electrons. The maximum Gasteiger partial charge on any atom is 0.345 e. The van der Waals surface area contributed by atoms with E-state index in [-0.39, 0.29) is 23.2 Å². The Balaban J connectivity index is 1.46. The van der Waals surface area contributed by atoms with Crippen molar-refractivity contribution < 1.29 is 14.7 Å². The highest BCUT2D eigenvalue weighted by atomic mass is 32.1. The van der Waals surface area contributed by atoms with E-state index in [1.165, 1.54) is 5.56 Å². The lowest BCUT2D eigenvalue weighted by Crippen LogP contribution is -2.28. The predicted molar refractivity (Wildman–Crippen MR) is 85.2 cm³/mol. The second-order valence-electron chi connectivity index (χ2n) is 5.66. The van der Waals surface area contributed by atoms with E-state index in [2.05, 4.69) is 17.4 Å². The number of thiophene rings is 1. The van der Waals surface area contributed by atoms with Gasteiger partial charge < -0.3 is 10.4 Å². The highest BCUT2D eigenvalue weighted by Gasteiger charge is 2.37. The molecule has 2 unspecified atom stereocenters. The third-order valence-corrected chi connectivity index (χ3v) is 4.81. The number of amides is 1. The number of rotatable bonds is 6. The Morgan fingerprint density at radius 3 is 2.68 bits per heavy atom. The number of benzene rings is 1. The molecule has 0 spiro atoms. The highest BCUT2D eigenvalue weighted by Crippen LogP contribution is 2.33. The molecule has 2 atom stereocenters. The van der Waals surface area contributed by atoms with Crippen LogP contribution < -0.4 is 5.32 Å². The fourth-order valence-corrected chi connectivity index (χ4v) is 3.34. The Bertz CT molecular complexity index is 680. The molecule has 1 fully saturated rings. The van der Waals surface area contributed by atoms with Crippen LogP contribution in [0.2, 0.25) is 0 Å². The third-order valence-electron chi connectivity index (χ3n) is 3.84. The summed E-state index contributed by atoms with van der Waals surface area (Å²) in [6.07, 6.45) is 2.26. The van der Waals surface area contributed by atoms with E-state index < -0.39 is 5.97 Å². The van der Waals surface area contributed by atoms with Crippen molar-refractivity contribution in [3.8, 4) is 0 Å². The van der Waals surface area contributed by atoms with E-state index in [0.717, 1.165) is 29.7 Å². The predicted octanol–water partition coefficient (Wildman–Crippen LogP) is 2.74. The summed E-state index contributed by atoms with van der Waals surface area (Å²) in [6.45, 7) is 0. The van der Waals surface area contributed by atoms with Gasteiger partial charge in [0.1, 0.15) is 4.88 Å². The first-order valence-electron chi connectivity index (χ1n) is 7.26. The molecule has 1 aliphatic rings. The molecule has 3 rings (SSSR count). The molecular weight excluding hydrogens is 298 g/mol. The summed E-state index contributed by atoms with van der Waals surface area (Å²) in [5.74, 6) is -0.458. The quantitative estimate of drug-likeness (QED) is 0.861. The molecule has 22 heavy (non-hydrogen) atoms. The first-order valence-corrected chi connectivity index (χ1v) is 8.14. The van der Waals surface area contributed by atoms with Gasteiger partial charge in [-0.2, -0.15) is 0 Å². The number of hydrogen-bond donors (Lipinski definition) is 2. The third kappa shape index (κ3) is 3.74. The summed E-state index contributed by atoms with van der Waals surface area (Å²) >= 11 is 1.16. The van der Waals surface area contributed by atoms with Crippen LogP contribution in [0.4, 0.5) is 0 Å². The van der Waals surface area contributed by atoms with Crippen molar-refractivity contribution in [2.75, 3.05) is 0 Å². The second-order valence-corrected chi connectivity index (χ2v) is 6.57. The van der Waals surface area contributed by atoms with Gasteiger partial charge in [-0.15, -0.1) is 11.3 Å². The van der Waals surface area contributed by atoms with Crippen molar-refractivity contribution in [2.45, 2.75) is 25.3 Å². The van der Waals surface area contributed by atoms with Crippen LogP contribution in [0.25, 0.3) is 0 Å². The molecule has 5 heteroatoms. The zero-order chi connectivity index (χ0) is 15.5. The highest BCUT2D eigenvalue weighted by molar-refractivity contribution is 7.12. The monoisotopic (exact) mass is 315 g/mol. The molecule has 1 aliphatic carbocycles. The molecule has 0 radical (unpaired) electrons. The summed E-state index contributed by atoms with van der Waals surface area (Å²) in [5, 5.41) is 13.6. The topological polar surface area (TPSA) is 66.4 Å². The van der Waals surface area contributed by atoms with Crippen LogP contribution in [-0.4, -0.2) is 23.0 Å². The van der Waals surface area contributed by atoms with Crippen molar-refractivity contribution in [3.63, 3.8) is 0 Å². The van der Waals surface area contributed by atoms with Crippen LogP contribution >= 0.6 is 11.3 Å². The average molecular weight is 315 g/mol. The van der Waals surface area contributed by atoms with Gasteiger partial charge in [-0.05, 0) is 41.3 Å². The van der Waals surface area contributed by atoms with Crippen LogP contribution in [0.15, 0.2) is 41.8 Å². The Hall–Kier alpha value is -2.14. The Morgan fingerprint density at radius 1 is 1.23 bits per heavy atom. The lowest BCUT2D eigenvalue weighted by molar-refractivity contribution is -0.120. The number of nitrogens with one attached hydrogen (secondary N) is 1. The molecule has 4 nitrogen and oxygen atoms in total. The van der Waals surface area contributed by atoms with Gasteiger partial charge in [0.15, 0.2) is 0 Å². The van der Waals surface area contributed by atoms with Crippen molar-refractivity contribution in [2.24, 2.45) is 5.92 Å². The molecule has 2 N–H and O–H groups in total. The van der Waals surface area contributed by atoms with Gasteiger partial charge in [-0.3, -0.25) is 4.79 Å². The van der Waals surface area contributed by atoms with Gasteiger partial charge in [-0.1, -0.05) is 30.3 Å². The van der Waals surface area contributed by atoms with Crippen LogP contribution in [0.3, 0.4) is 0 Å². The number of aromatic carboxylic acids is 1. The van der Waals surface area contributed by atoms with Gasteiger partial charge in [0.05, 0.1) is 6.42 Å². The van der Waals surface area contributed by atoms with Gasteiger partial charge in [-0.25, -0.2) is 4.79 Å². The SMILES string of the molecule is O=C(Cc1csc(C(=O)O)c1)NC1CC1Cc1ccccc1. The fourth-order valence-electron chi connectivity index (χ4n) is 2.59. The number of hydrogen-bond acceptors (Lipinski definition) is 3. The second kappa shape index (κ2) is 6.32. The Kier molecular flexibility index (Phi) is 4.24. The largest absolute Gasteiger partial charge is 0.477 e. The summed E-state index contributed by atoms with van der Waals surface area (Å²) in [5.41, 5.74) is 2.06. The summed E-state index contributed by atoms with van der Waals surface area (Å²) in [7, 11) is 0. The first-order chi connectivity index (χ1) is 10.6. The maximum absolute atomic E-state index is 12.0. The van der Waals surface area contributed by atoms with Crippen LogP contribution in [0, 0.1) is 5.92 Å². The minimum Gasteiger partial charge on any atom is -0.477 e. The van der Waals surface area contributed by atoms with Crippen molar-refractivity contribution in [1.82, 2.24) is 5.32 Å². The Labute approximate surface area is 132 Å². The summed E-state index contributed by atoms with van der Waals surface area (Å²) in [4.78, 5) is 23.1. The van der Waals surface area contributed by atoms with E-state index in [9.17, 15) is 9.59 Å². The van der Waals surface area contributed by atoms with Gasteiger partial charge in [0.25, 0.3) is 0 Å².